The van der Waals surface area contributed by atoms with Gasteiger partial charge in [-0.15, -0.1) is 0 Å². The zero-order chi connectivity index (χ0) is 21.1. The van der Waals surface area contributed by atoms with E-state index in [0.29, 0.717) is 41.3 Å². The second-order valence-corrected chi connectivity index (χ2v) is 7.48. The van der Waals surface area contributed by atoms with Crippen molar-refractivity contribution in [2.75, 3.05) is 6.61 Å². The van der Waals surface area contributed by atoms with Crippen LogP contribution in [0.3, 0.4) is 0 Å². The molecule has 152 valence electrons. The van der Waals surface area contributed by atoms with Crippen molar-refractivity contribution in [2.24, 2.45) is 5.10 Å². The zero-order valence-electron chi connectivity index (χ0n) is 16.6. The lowest BCUT2D eigenvalue weighted by molar-refractivity contribution is 0.340. The standard InChI is InChI=1S/C23H20BrN3O3/c1-3-22-26-20-11-7-16(24)13-19(20)23(28)27(22)25-14-18-10-12-21(30-18)15-5-8-17(9-6-15)29-4-2/h5-14H,3-4H2,1-2H3. The number of fused-ring (bicyclic) bond motifs is 1. The predicted molar refractivity (Wildman–Crippen MR) is 121 cm³/mol. The van der Waals surface area contributed by atoms with Gasteiger partial charge >= 0.3 is 0 Å². The fourth-order valence-electron chi connectivity index (χ4n) is 3.12. The second-order valence-electron chi connectivity index (χ2n) is 6.56. The molecule has 0 bridgehead atoms. The molecule has 0 amide bonds. The first-order chi connectivity index (χ1) is 14.6. The summed E-state index contributed by atoms with van der Waals surface area (Å²) in [5.41, 5.74) is 1.37. The molecule has 0 aliphatic heterocycles. The molecule has 0 unspecified atom stereocenters. The molecule has 30 heavy (non-hydrogen) atoms. The fraction of sp³-hybridized carbons (Fsp3) is 0.174. The van der Waals surface area contributed by atoms with Gasteiger partial charge in [-0.2, -0.15) is 9.78 Å². The van der Waals surface area contributed by atoms with Gasteiger partial charge in [0, 0.05) is 16.5 Å². The van der Waals surface area contributed by atoms with Gasteiger partial charge in [-0.3, -0.25) is 4.79 Å². The van der Waals surface area contributed by atoms with Crippen molar-refractivity contribution < 1.29 is 9.15 Å². The Morgan fingerprint density at radius 3 is 2.67 bits per heavy atom. The third-order valence-corrected chi connectivity index (χ3v) is 5.06. The quantitative estimate of drug-likeness (QED) is 0.364. The van der Waals surface area contributed by atoms with Gasteiger partial charge in [0.25, 0.3) is 5.56 Å². The van der Waals surface area contributed by atoms with Crippen molar-refractivity contribution in [1.82, 2.24) is 9.66 Å². The Balaban J connectivity index is 1.65. The van der Waals surface area contributed by atoms with Crippen molar-refractivity contribution in [3.05, 3.63) is 81.0 Å². The Bertz CT molecular complexity index is 1270. The molecule has 0 aliphatic rings. The number of hydrogen-bond donors (Lipinski definition) is 0. The maximum atomic E-state index is 12.9. The number of rotatable bonds is 6. The average Bonchev–Trinajstić information content (AvgIpc) is 3.23. The normalized spacial score (nSPS) is 11.4. The maximum absolute atomic E-state index is 12.9. The number of nitrogens with zero attached hydrogens (tertiary/aromatic N) is 3. The van der Waals surface area contributed by atoms with E-state index < -0.39 is 0 Å². The van der Waals surface area contributed by atoms with Crippen molar-refractivity contribution in [1.29, 1.82) is 0 Å². The van der Waals surface area contributed by atoms with E-state index in [1.54, 1.807) is 6.07 Å². The monoisotopic (exact) mass is 465 g/mol. The van der Waals surface area contributed by atoms with Gasteiger partial charge in [-0.25, -0.2) is 4.98 Å². The number of furan rings is 1. The molecule has 0 spiro atoms. The van der Waals surface area contributed by atoms with Crippen molar-refractivity contribution >= 4 is 33.0 Å². The molecule has 7 heteroatoms. The molecule has 0 N–H and O–H groups in total. The van der Waals surface area contributed by atoms with E-state index in [1.807, 2.05) is 62.4 Å². The summed E-state index contributed by atoms with van der Waals surface area (Å²) in [6.45, 7) is 4.51. The Hall–Kier alpha value is -3.19. The molecule has 0 saturated carbocycles. The van der Waals surface area contributed by atoms with E-state index in [9.17, 15) is 4.79 Å². The smallest absolute Gasteiger partial charge is 0.282 e. The Kier molecular flexibility index (Phi) is 5.81. The highest BCUT2D eigenvalue weighted by atomic mass is 79.9. The van der Waals surface area contributed by atoms with Crippen molar-refractivity contribution in [3.8, 4) is 17.1 Å². The summed E-state index contributed by atoms with van der Waals surface area (Å²) in [7, 11) is 0. The van der Waals surface area contributed by atoms with Crippen LogP contribution in [0.15, 0.2) is 73.4 Å². The third kappa shape index (κ3) is 4.07. The second kappa shape index (κ2) is 8.67. The van der Waals surface area contributed by atoms with E-state index in [4.69, 9.17) is 9.15 Å². The molecule has 2 aromatic carbocycles. The van der Waals surface area contributed by atoms with Gasteiger partial charge < -0.3 is 9.15 Å². The summed E-state index contributed by atoms with van der Waals surface area (Å²) in [4.78, 5) is 17.5. The largest absolute Gasteiger partial charge is 0.494 e. The van der Waals surface area contributed by atoms with Gasteiger partial charge in [-0.1, -0.05) is 22.9 Å². The average molecular weight is 466 g/mol. The topological polar surface area (TPSA) is 69.6 Å². The summed E-state index contributed by atoms with van der Waals surface area (Å²) in [5.74, 6) is 2.66. The van der Waals surface area contributed by atoms with E-state index in [2.05, 4.69) is 26.0 Å². The number of aryl methyl sites for hydroxylation is 1. The summed E-state index contributed by atoms with van der Waals surface area (Å²) < 4.78 is 13.5. The first-order valence-electron chi connectivity index (χ1n) is 9.67. The van der Waals surface area contributed by atoms with E-state index >= 15 is 0 Å². The first-order valence-corrected chi connectivity index (χ1v) is 10.5. The summed E-state index contributed by atoms with van der Waals surface area (Å²) in [5, 5.41) is 4.87. The Morgan fingerprint density at radius 2 is 1.93 bits per heavy atom. The van der Waals surface area contributed by atoms with Crippen LogP contribution in [0.25, 0.3) is 22.2 Å². The van der Waals surface area contributed by atoms with Crippen LogP contribution in [0.5, 0.6) is 5.75 Å². The molecular formula is C23H20BrN3O3. The highest BCUT2D eigenvalue weighted by molar-refractivity contribution is 9.10. The number of benzene rings is 2. The van der Waals surface area contributed by atoms with E-state index in [-0.39, 0.29) is 5.56 Å². The van der Waals surface area contributed by atoms with Gasteiger partial charge in [0.15, 0.2) is 0 Å². The molecule has 6 nitrogen and oxygen atoms in total. The zero-order valence-corrected chi connectivity index (χ0v) is 18.2. The SMILES string of the molecule is CCOc1ccc(-c2ccc(C=Nn3c(CC)nc4ccc(Br)cc4c3=O)o2)cc1. The van der Waals surface area contributed by atoms with E-state index in [0.717, 1.165) is 15.8 Å². The minimum absolute atomic E-state index is 0.215. The molecule has 2 aromatic heterocycles. The highest BCUT2D eigenvalue weighted by Crippen LogP contribution is 2.24. The highest BCUT2D eigenvalue weighted by Gasteiger charge is 2.10. The minimum Gasteiger partial charge on any atom is -0.494 e. The number of halogens is 1. The summed E-state index contributed by atoms with van der Waals surface area (Å²) in [6, 6.07) is 16.8. The van der Waals surface area contributed by atoms with Gasteiger partial charge in [-0.05, 0) is 61.5 Å². The lowest BCUT2D eigenvalue weighted by atomic mass is 10.2. The van der Waals surface area contributed by atoms with E-state index in [1.165, 1.54) is 10.9 Å². The lowest BCUT2D eigenvalue weighted by Crippen LogP contribution is -2.22. The molecular weight excluding hydrogens is 446 g/mol. The molecule has 0 saturated heterocycles. The van der Waals surface area contributed by atoms with Crippen LogP contribution in [0.2, 0.25) is 0 Å². The first kappa shape index (κ1) is 20.1. The van der Waals surface area contributed by atoms with Crippen molar-refractivity contribution in [2.45, 2.75) is 20.3 Å². The third-order valence-electron chi connectivity index (χ3n) is 4.57. The van der Waals surface area contributed by atoms with Crippen LogP contribution in [0.4, 0.5) is 0 Å². The molecule has 4 aromatic rings. The summed E-state index contributed by atoms with van der Waals surface area (Å²) >= 11 is 3.40. The fourth-order valence-corrected chi connectivity index (χ4v) is 3.48. The van der Waals surface area contributed by atoms with Crippen LogP contribution < -0.4 is 10.3 Å². The minimum atomic E-state index is -0.215. The van der Waals surface area contributed by atoms with Gasteiger partial charge in [0.05, 0.1) is 23.7 Å². The molecule has 0 atom stereocenters. The molecule has 2 heterocycles. The maximum Gasteiger partial charge on any atom is 0.282 e. The van der Waals surface area contributed by atoms with Gasteiger partial charge in [0.2, 0.25) is 0 Å². The van der Waals surface area contributed by atoms with Gasteiger partial charge in [0.1, 0.15) is 23.1 Å². The number of aromatic nitrogens is 2. The van der Waals surface area contributed by atoms with Crippen LogP contribution >= 0.6 is 15.9 Å². The summed E-state index contributed by atoms with van der Waals surface area (Å²) in [6.07, 6.45) is 2.11. The lowest BCUT2D eigenvalue weighted by Gasteiger charge is -2.07. The van der Waals surface area contributed by atoms with Crippen LogP contribution in [0.1, 0.15) is 25.4 Å². The molecule has 0 fully saturated rings. The molecule has 0 radical (unpaired) electrons. The molecule has 4 rings (SSSR count). The number of hydrogen-bond acceptors (Lipinski definition) is 5. The van der Waals surface area contributed by atoms with Crippen LogP contribution in [0, 0.1) is 0 Å². The molecule has 0 aliphatic carbocycles. The Morgan fingerprint density at radius 1 is 1.13 bits per heavy atom. The van der Waals surface area contributed by atoms with Crippen LogP contribution in [-0.4, -0.2) is 22.5 Å². The van der Waals surface area contributed by atoms with Crippen LogP contribution in [-0.2, 0) is 6.42 Å². The Labute approximate surface area is 182 Å². The number of ether oxygens (including phenoxy) is 1. The predicted octanol–water partition coefficient (Wildman–Crippen LogP) is 5.26. The van der Waals surface area contributed by atoms with Crippen molar-refractivity contribution in [3.63, 3.8) is 0 Å².